The molecule has 0 saturated carbocycles. The third-order valence-corrected chi connectivity index (χ3v) is 5.60. The summed E-state index contributed by atoms with van der Waals surface area (Å²) in [6.45, 7) is 3.40. The molecule has 1 aliphatic heterocycles. The molecule has 2 aromatic rings. The minimum atomic E-state index is -0.979. The summed E-state index contributed by atoms with van der Waals surface area (Å²) < 4.78 is 13.3. The van der Waals surface area contributed by atoms with Crippen LogP contribution >= 0.6 is 0 Å². The van der Waals surface area contributed by atoms with Gasteiger partial charge in [-0.3, -0.25) is 9.59 Å². The van der Waals surface area contributed by atoms with E-state index in [1.165, 1.54) is 17.0 Å². The van der Waals surface area contributed by atoms with Crippen LogP contribution in [0.1, 0.15) is 42.1 Å². The first-order chi connectivity index (χ1) is 16.4. The van der Waals surface area contributed by atoms with Gasteiger partial charge in [0.1, 0.15) is 5.82 Å². The highest BCUT2D eigenvalue weighted by Gasteiger charge is 2.24. The molecule has 3 rings (SSSR count). The van der Waals surface area contributed by atoms with E-state index >= 15 is 0 Å². The van der Waals surface area contributed by atoms with Gasteiger partial charge in [-0.2, -0.15) is 0 Å². The zero-order valence-corrected chi connectivity index (χ0v) is 19.2. The third kappa shape index (κ3) is 6.58. The van der Waals surface area contributed by atoms with E-state index in [1.54, 1.807) is 46.2 Å². The van der Waals surface area contributed by atoms with Crippen molar-refractivity contribution in [1.29, 1.82) is 0 Å². The van der Waals surface area contributed by atoms with E-state index in [-0.39, 0.29) is 37.3 Å². The Morgan fingerprint density at radius 3 is 2.35 bits per heavy atom. The molecule has 0 aliphatic carbocycles. The smallest absolute Gasteiger partial charge is 0.407 e. The van der Waals surface area contributed by atoms with Gasteiger partial charge in [0.05, 0.1) is 6.54 Å². The van der Waals surface area contributed by atoms with Crippen LogP contribution in [0.15, 0.2) is 48.5 Å². The van der Waals surface area contributed by atoms with E-state index in [1.807, 2.05) is 6.92 Å². The average molecular weight is 466 g/mol. The summed E-state index contributed by atoms with van der Waals surface area (Å²) >= 11 is 0. The lowest BCUT2D eigenvalue weighted by molar-refractivity contribution is -0.118. The zero-order valence-electron chi connectivity index (χ0n) is 19.2. The maximum absolute atomic E-state index is 13.3. The molecule has 8 heteroatoms. The summed E-state index contributed by atoms with van der Waals surface area (Å²) in [7, 11) is 0. The number of carbonyl (C=O) groups is 3. The number of nitrogens with zero attached hydrogens (tertiary/aromatic N) is 3. The third-order valence-electron chi connectivity index (χ3n) is 5.60. The summed E-state index contributed by atoms with van der Waals surface area (Å²) in [6.07, 6.45) is 1.05. The molecule has 3 amide bonds. The number of hydrogen-bond donors (Lipinski definition) is 1. The topological polar surface area (TPSA) is 81.2 Å². The summed E-state index contributed by atoms with van der Waals surface area (Å²) in [5, 5.41) is 9.07. The number of hydrogen-bond acceptors (Lipinski definition) is 3. The monoisotopic (exact) mass is 465 g/mol. The molecule has 2 aromatic carbocycles. The van der Waals surface area contributed by atoms with Crippen molar-refractivity contribution in [3.05, 3.63) is 65.5 Å². The van der Waals surface area contributed by atoms with Gasteiger partial charge < -0.3 is 19.8 Å². The highest BCUT2D eigenvalue weighted by atomic mass is 19.1. The van der Waals surface area contributed by atoms with Crippen molar-refractivity contribution in [3.8, 4) is 11.8 Å². The van der Waals surface area contributed by atoms with Gasteiger partial charge in [-0.1, -0.05) is 31.3 Å². The fourth-order valence-electron chi connectivity index (χ4n) is 3.64. The fourth-order valence-corrected chi connectivity index (χ4v) is 3.64. The Morgan fingerprint density at radius 1 is 1.03 bits per heavy atom. The standard InChI is InChI=1S/C26H28FN3O4/c1-2-3-9-24(31)30(23-12-10-22(27)11-13-23)14-5-7-20-6-4-8-21(19-20)25(32)28-15-17-29(18-16-28)26(33)34/h4,6,8,10-13,19H,2-3,9,14-18H2,1H3,(H,33,34). The molecule has 1 saturated heterocycles. The van der Waals surface area contributed by atoms with Crippen LogP contribution in [-0.4, -0.2) is 65.5 Å². The molecule has 1 fully saturated rings. The Balaban J connectivity index is 1.70. The maximum Gasteiger partial charge on any atom is 0.407 e. The van der Waals surface area contributed by atoms with Crippen molar-refractivity contribution in [3.63, 3.8) is 0 Å². The predicted octanol–water partition coefficient (Wildman–Crippen LogP) is 3.84. The molecule has 7 nitrogen and oxygen atoms in total. The van der Waals surface area contributed by atoms with Gasteiger partial charge in [0, 0.05) is 49.4 Å². The number of benzene rings is 2. The van der Waals surface area contributed by atoms with Crippen molar-refractivity contribution < 1.29 is 23.9 Å². The molecule has 0 aromatic heterocycles. The quantitative estimate of drug-likeness (QED) is 0.658. The number of carbonyl (C=O) groups excluding carboxylic acids is 2. The second-order valence-corrected chi connectivity index (χ2v) is 8.00. The van der Waals surface area contributed by atoms with Gasteiger partial charge in [-0.25, -0.2) is 9.18 Å². The molecule has 178 valence electrons. The summed E-state index contributed by atoms with van der Waals surface area (Å²) in [5.41, 5.74) is 1.70. The predicted molar refractivity (Wildman–Crippen MR) is 127 cm³/mol. The molecule has 0 atom stereocenters. The first-order valence-corrected chi connectivity index (χ1v) is 11.3. The van der Waals surface area contributed by atoms with E-state index in [0.717, 1.165) is 12.8 Å². The van der Waals surface area contributed by atoms with Gasteiger partial charge in [0.2, 0.25) is 5.91 Å². The van der Waals surface area contributed by atoms with E-state index in [0.29, 0.717) is 36.3 Å². The molecule has 0 bridgehead atoms. The van der Waals surface area contributed by atoms with Crippen LogP contribution in [0.5, 0.6) is 0 Å². The molecular formula is C26H28FN3O4. The Kier molecular flexibility index (Phi) is 8.63. The van der Waals surface area contributed by atoms with Gasteiger partial charge in [0.25, 0.3) is 5.91 Å². The second kappa shape index (κ2) is 11.8. The van der Waals surface area contributed by atoms with Crippen molar-refractivity contribution in [2.45, 2.75) is 26.2 Å². The Hall–Kier alpha value is -3.86. The number of rotatable bonds is 6. The summed E-state index contributed by atoms with van der Waals surface area (Å²) in [4.78, 5) is 41.1. The highest BCUT2D eigenvalue weighted by molar-refractivity contribution is 5.95. The number of halogens is 1. The van der Waals surface area contributed by atoms with Crippen LogP contribution in [0.3, 0.4) is 0 Å². The van der Waals surface area contributed by atoms with E-state index in [2.05, 4.69) is 11.8 Å². The van der Waals surface area contributed by atoms with Crippen molar-refractivity contribution in [2.24, 2.45) is 0 Å². The van der Waals surface area contributed by atoms with Crippen molar-refractivity contribution in [1.82, 2.24) is 9.80 Å². The van der Waals surface area contributed by atoms with Gasteiger partial charge in [-0.15, -0.1) is 0 Å². The minimum absolute atomic E-state index is 0.0767. The van der Waals surface area contributed by atoms with Crippen LogP contribution < -0.4 is 4.90 Å². The first-order valence-electron chi connectivity index (χ1n) is 11.3. The molecule has 1 N–H and O–H groups in total. The fraction of sp³-hybridized carbons (Fsp3) is 0.346. The molecule has 1 heterocycles. The SMILES string of the molecule is CCCCC(=O)N(CC#Cc1cccc(C(=O)N2CCN(C(=O)O)CC2)c1)c1ccc(F)cc1. The normalized spacial score (nSPS) is 13.1. The lowest BCUT2D eigenvalue weighted by Gasteiger charge is -2.33. The number of carboxylic acid groups (broad SMARTS) is 1. The lowest BCUT2D eigenvalue weighted by Crippen LogP contribution is -2.50. The Labute approximate surface area is 198 Å². The van der Waals surface area contributed by atoms with Crippen LogP contribution in [0, 0.1) is 17.7 Å². The average Bonchev–Trinajstić information content (AvgIpc) is 2.85. The van der Waals surface area contributed by atoms with Gasteiger partial charge >= 0.3 is 6.09 Å². The summed E-state index contributed by atoms with van der Waals surface area (Å²) in [6, 6.07) is 12.7. The first kappa shape index (κ1) is 24.8. The van der Waals surface area contributed by atoms with Crippen LogP contribution in [0.2, 0.25) is 0 Å². The van der Waals surface area contributed by atoms with Crippen LogP contribution in [0.25, 0.3) is 0 Å². The minimum Gasteiger partial charge on any atom is -0.465 e. The molecule has 0 spiro atoms. The number of amides is 3. The van der Waals surface area contributed by atoms with Gasteiger partial charge in [0.15, 0.2) is 0 Å². The number of anilines is 1. The zero-order chi connectivity index (χ0) is 24.5. The van der Waals surface area contributed by atoms with E-state index in [9.17, 15) is 18.8 Å². The van der Waals surface area contributed by atoms with Crippen LogP contribution in [-0.2, 0) is 4.79 Å². The number of unbranched alkanes of at least 4 members (excludes halogenated alkanes) is 1. The molecular weight excluding hydrogens is 437 g/mol. The van der Waals surface area contributed by atoms with E-state index in [4.69, 9.17) is 5.11 Å². The molecule has 0 radical (unpaired) electrons. The Morgan fingerprint density at radius 2 is 1.71 bits per heavy atom. The lowest BCUT2D eigenvalue weighted by atomic mass is 10.1. The number of piperazine rings is 1. The molecule has 1 aliphatic rings. The van der Waals surface area contributed by atoms with Crippen LogP contribution in [0.4, 0.5) is 14.9 Å². The summed E-state index contributed by atoms with van der Waals surface area (Å²) in [5.74, 6) is 5.39. The Bertz CT molecular complexity index is 1080. The van der Waals surface area contributed by atoms with Crippen molar-refractivity contribution in [2.75, 3.05) is 37.6 Å². The molecule has 34 heavy (non-hydrogen) atoms. The molecule has 0 unspecified atom stereocenters. The van der Waals surface area contributed by atoms with Gasteiger partial charge in [-0.05, 0) is 48.9 Å². The van der Waals surface area contributed by atoms with E-state index < -0.39 is 6.09 Å². The highest BCUT2D eigenvalue weighted by Crippen LogP contribution is 2.17. The second-order valence-electron chi connectivity index (χ2n) is 8.00. The largest absolute Gasteiger partial charge is 0.465 e. The maximum atomic E-state index is 13.3. The van der Waals surface area contributed by atoms with Crippen molar-refractivity contribution >= 4 is 23.6 Å².